The Balaban J connectivity index is 0.00000324. The second-order valence-electron chi connectivity index (χ2n) is 8.40. The highest BCUT2D eigenvalue weighted by Crippen LogP contribution is 2.37. The fourth-order valence-corrected chi connectivity index (χ4v) is 4.30. The fourth-order valence-electron chi connectivity index (χ4n) is 4.30. The van der Waals surface area contributed by atoms with E-state index in [0.717, 1.165) is 49.2 Å². The maximum atomic E-state index is 12.6. The summed E-state index contributed by atoms with van der Waals surface area (Å²) in [6, 6.07) is 14.2. The average molecular weight is 471 g/mol. The summed E-state index contributed by atoms with van der Waals surface area (Å²) < 4.78 is 37.9. The molecule has 34 heavy (non-hydrogen) atoms. The number of aliphatic carboxylic acids is 1. The molecule has 0 bridgehead atoms. The molecule has 1 fully saturated rings. The van der Waals surface area contributed by atoms with Crippen molar-refractivity contribution in [2.45, 2.75) is 51.6 Å². The summed E-state index contributed by atoms with van der Waals surface area (Å²) in [4.78, 5) is 18.7. The van der Waals surface area contributed by atoms with Gasteiger partial charge < -0.3 is 15.2 Å². The number of halogens is 3. The number of nitrogens with zero attached hydrogens (tertiary/aromatic N) is 2. The fraction of sp³-hybridized carbons (Fsp3) is 0.346. The third-order valence-corrected chi connectivity index (χ3v) is 6.09. The molecule has 180 valence electrons. The number of carboxylic acid groups (broad SMARTS) is 1. The average Bonchev–Trinajstić information content (AvgIpc) is 2.80. The van der Waals surface area contributed by atoms with E-state index in [1.54, 1.807) is 6.20 Å². The quantitative estimate of drug-likeness (QED) is 0.481. The molecular formula is C26H27F3N3O2-. The lowest BCUT2D eigenvalue weighted by Gasteiger charge is -2.29. The highest BCUT2D eigenvalue weighted by atomic mass is 19.4. The van der Waals surface area contributed by atoms with Gasteiger partial charge in [-0.25, -0.2) is 4.98 Å². The molecule has 5 nitrogen and oxygen atoms in total. The Morgan fingerprint density at radius 1 is 0.912 bits per heavy atom. The summed E-state index contributed by atoms with van der Waals surface area (Å²) in [5, 5.41) is 13.8. The van der Waals surface area contributed by atoms with Gasteiger partial charge in [0.1, 0.15) is 5.69 Å². The van der Waals surface area contributed by atoms with Gasteiger partial charge >= 0.3 is 6.18 Å². The number of alkyl halides is 3. The van der Waals surface area contributed by atoms with Gasteiger partial charge in [-0.3, -0.25) is 4.98 Å². The minimum absolute atomic E-state index is 0. The van der Waals surface area contributed by atoms with E-state index in [9.17, 15) is 23.1 Å². The van der Waals surface area contributed by atoms with Gasteiger partial charge in [0.25, 0.3) is 0 Å². The van der Waals surface area contributed by atoms with E-state index >= 15 is 0 Å². The van der Waals surface area contributed by atoms with Gasteiger partial charge in [0.15, 0.2) is 0 Å². The smallest absolute Gasteiger partial charge is 0.433 e. The number of carbonyl (C=O) groups is 1. The number of pyridine rings is 2. The molecule has 0 saturated heterocycles. The lowest BCUT2D eigenvalue weighted by atomic mass is 9.77. The van der Waals surface area contributed by atoms with Crippen LogP contribution in [0.3, 0.4) is 0 Å². The maximum absolute atomic E-state index is 12.6. The molecular weight excluding hydrogens is 443 g/mol. The number of nitrogens with one attached hydrogen (secondary N) is 1. The van der Waals surface area contributed by atoms with Crippen molar-refractivity contribution in [3.8, 4) is 11.3 Å². The molecule has 1 N–H and O–H groups in total. The van der Waals surface area contributed by atoms with E-state index in [-0.39, 0.29) is 19.8 Å². The van der Waals surface area contributed by atoms with E-state index in [0.29, 0.717) is 17.3 Å². The first kappa shape index (κ1) is 25.2. The monoisotopic (exact) mass is 470 g/mol. The molecule has 0 atom stereocenters. The molecule has 2 aromatic heterocycles. The van der Waals surface area contributed by atoms with Crippen LogP contribution >= 0.6 is 0 Å². The van der Waals surface area contributed by atoms with Gasteiger partial charge in [0, 0.05) is 11.5 Å². The number of anilines is 2. The molecule has 2 heterocycles. The Bertz CT molecular complexity index is 1070. The van der Waals surface area contributed by atoms with Crippen molar-refractivity contribution in [1.82, 2.24) is 9.97 Å². The van der Waals surface area contributed by atoms with Crippen LogP contribution in [0.4, 0.5) is 24.5 Å². The van der Waals surface area contributed by atoms with Crippen LogP contribution in [0.5, 0.6) is 0 Å². The first-order valence-electron chi connectivity index (χ1n) is 10.8. The Hall–Kier alpha value is -3.42. The molecule has 1 aliphatic rings. The van der Waals surface area contributed by atoms with Gasteiger partial charge in [-0.05, 0) is 73.8 Å². The number of hydrogen-bond donors (Lipinski definition) is 1. The van der Waals surface area contributed by atoms with Gasteiger partial charge in [-0.1, -0.05) is 31.7 Å². The minimum atomic E-state index is -4.46. The maximum Gasteiger partial charge on any atom is 0.433 e. The van der Waals surface area contributed by atoms with Gasteiger partial charge in [-0.2, -0.15) is 13.2 Å². The van der Waals surface area contributed by atoms with Crippen molar-refractivity contribution < 1.29 is 23.1 Å². The zero-order valence-corrected chi connectivity index (χ0v) is 17.8. The van der Waals surface area contributed by atoms with Crippen molar-refractivity contribution in [3.63, 3.8) is 0 Å². The molecule has 1 aromatic carbocycles. The number of benzene rings is 1. The van der Waals surface area contributed by atoms with Crippen molar-refractivity contribution >= 4 is 17.3 Å². The molecule has 3 aromatic rings. The van der Waals surface area contributed by atoms with Crippen LogP contribution in [-0.4, -0.2) is 15.9 Å². The Kier molecular flexibility index (Phi) is 7.91. The first-order chi connectivity index (χ1) is 15.8. The van der Waals surface area contributed by atoms with Crippen LogP contribution in [0.15, 0.2) is 60.9 Å². The predicted octanol–water partition coefficient (Wildman–Crippen LogP) is 5.96. The zero-order valence-electron chi connectivity index (χ0n) is 17.8. The summed E-state index contributed by atoms with van der Waals surface area (Å²) in [6.45, 7) is 0. The Morgan fingerprint density at radius 2 is 1.53 bits per heavy atom. The second-order valence-corrected chi connectivity index (χ2v) is 8.40. The van der Waals surface area contributed by atoms with Crippen molar-refractivity contribution in [2.75, 3.05) is 5.32 Å². The summed E-state index contributed by atoms with van der Waals surface area (Å²) in [5.74, 6) is -0.304. The highest BCUT2D eigenvalue weighted by molar-refractivity contribution is 5.65. The molecule has 0 unspecified atom stereocenters. The van der Waals surface area contributed by atoms with Gasteiger partial charge in [0.05, 0.1) is 29.5 Å². The van der Waals surface area contributed by atoms with Crippen LogP contribution in [0.25, 0.3) is 11.3 Å². The minimum Gasteiger partial charge on any atom is -0.550 e. The van der Waals surface area contributed by atoms with Crippen LogP contribution in [0, 0.1) is 5.92 Å². The number of hydrogen-bond acceptors (Lipinski definition) is 5. The number of rotatable bonds is 6. The zero-order chi connectivity index (χ0) is 23.4. The Morgan fingerprint density at radius 3 is 2.03 bits per heavy atom. The van der Waals surface area contributed by atoms with E-state index in [1.807, 2.05) is 24.3 Å². The first-order valence-corrected chi connectivity index (χ1v) is 10.8. The number of carboxylic acids is 1. The molecule has 1 aliphatic carbocycles. The third-order valence-electron chi connectivity index (χ3n) is 6.09. The highest BCUT2D eigenvalue weighted by Gasteiger charge is 2.32. The number of aromatic nitrogens is 2. The van der Waals surface area contributed by atoms with E-state index < -0.39 is 17.8 Å². The summed E-state index contributed by atoms with van der Waals surface area (Å²) in [5.41, 5.74) is 3.15. The predicted molar refractivity (Wildman–Crippen MR) is 123 cm³/mol. The van der Waals surface area contributed by atoms with Crippen molar-refractivity contribution in [1.29, 1.82) is 0 Å². The van der Waals surface area contributed by atoms with Crippen LogP contribution in [0.2, 0.25) is 0 Å². The van der Waals surface area contributed by atoms with E-state index in [2.05, 4.69) is 27.4 Å². The van der Waals surface area contributed by atoms with Crippen LogP contribution in [0.1, 0.15) is 56.7 Å². The Labute approximate surface area is 197 Å². The van der Waals surface area contributed by atoms with E-state index in [4.69, 9.17) is 0 Å². The van der Waals surface area contributed by atoms with Crippen LogP contribution in [-0.2, 0) is 11.0 Å². The van der Waals surface area contributed by atoms with Gasteiger partial charge in [0.2, 0.25) is 0 Å². The van der Waals surface area contributed by atoms with Crippen LogP contribution < -0.4 is 10.4 Å². The molecule has 0 radical (unpaired) electrons. The molecule has 4 rings (SSSR count). The summed E-state index contributed by atoms with van der Waals surface area (Å²) in [7, 11) is 0. The van der Waals surface area contributed by atoms with Gasteiger partial charge in [-0.15, -0.1) is 0 Å². The molecule has 8 heteroatoms. The lowest BCUT2D eigenvalue weighted by Crippen LogP contribution is -2.26. The molecule has 0 spiro atoms. The van der Waals surface area contributed by atoms with Crippen molar-refractivity contribution in [2.24, 2.45) is 5.92 Å². The lowest BCUT2D eigenvalue weighted by molar-refractivity contribution is -0.307. The summed E-state index contributed by atoms with van der Waals surface area (Å²) in [6.07, 6.45) is 2.23. The van der Waals surface area contributed by atoms with E-state index in [1.165, 1.54) is 11.6 Å². The normalized spacial score (nSPS) is 18.1. The number of carbonyl (C=O) groups excluding carboxylic acids is 1. The molecule has 1 saturated carbocycles. The largest absolute Gasteiger partial charge is 0.550 e. The second kappa shape index (κ2) is 10.7. The standard InChI is InChI=1S/C25H24F3N3O2.CH4/c26-25(27,28)23-12-10-21(15-30-23)31-20-9-11-22(29-14-20)19-7-5-18(6-8-19)17-3-1-16(2-4-17)13-24(32)33;/h5-12,14-17,31H,1-4,13H2,(H,32,33);1H4/p-1. The SMILES string of the molecule is C.O=C([O-])CC1CCC(c2ccc(-c3ccc(Nc4ccc(C(F)(F)F)nc4)cn3)cc2)CC1. The van der Waals surface area contributed by atoms with Crippen molar-refractivity contribution in [3.05, 3.63) is 72.2 Å². The topological polar surface area (TPSA) is 77.9 Å². The third kappa shape index (κ3) is 6.34. The summed E-state index contributed by atoms with van der Waals surface area (Å²) >= 11 is 0. The molecule has 0 aliphatic heterocycles. The molecule has 0 amide bonds.